The molecule has 1 aliphatic heterocycles. The van der Waals surface area contributed by atoms with Gasteiger partial charge < -0.3 is 4.57 Å². The molecule has 1 aliphatic rings. The highest BCUT2D eigenvalue weighted by molar-refractivity contribution is 7.26. The maximum Gasteiger partial charge on any atom is 0.184 e. The number of hydrogen-bond acceptors (Lipinski definition) is 3. The Bertz CT molecular complexity index is 4040. The Morgan fingerprint density at radius 1 is 0.394 bits per heavy atom. The Kier molecular flexibility index (Phi) is 8.17. The Hall–Kier alpha value is -8.09. The number of aromatic nitrogens is 2. The van der Waals surface area contributed by atoms with Crippen molar-refractivity contribution in [1.82, 2.24) is 9.55 Å². The SMILES string of the molecule is c1ccc([Si]2(c3ccccc3)c3ccccc3N(c3ccc4ccccc4n3)c3ccc(-c4ccc5c(c4)c4ccccc4n5-c4ccc5ccc6c7ccccc7sc6c5c4)cc32)cc1. The number of thiophene rings is 1. The first-order chi connectivity index (χ1) is 32.7. The molecule has 4 heterocycles. The first-order valence-electron chi connectivity index (χ1n) is 22.6. The van der Waals surface area contributed by atoms with Crippen molar-refractivity contribution >= 4 is 121 Å². The van der Waals surface area contributed by atoms with Crippen LogP contribution in [0.25, 0.3) is 80.5 Å². The molecule has 0 saturated carbocycles. The fourth-order valence-electron chi connectivity index (χ4n) is 11.1. The zero-order valence-corrected chi connectivity index (χ0v) is 37.6. The number of pyridine rings is 1. The van der Waals surface area contributed by atoms with Gasteiger partial charge in [-0.2, -0.15) is 0 Å². The molecular weight excluding hydrogens is 835 g/mol. The van der Waals surface area contributed by atoms with Crippen LogP contribution in [0.5, 0.6) is 0 Å². The standard InChI is InChI=1S/C61H39N3SSi/c1-3-16-45(17-4-1)66(46-18-5-2-6-19-46)58-26-14-12-24-55(58)64(60-36-31-41-15-7-10-22-52(41)62-60)56-35-30-43(38-59(56)66)42-29-34-54-51(37-42)47-20-8-11-23-53(47)63(54)44-32-27-40-28-33-49-48-21-9-13-25-57(48)65-61(49)50(40)39-44/h1-39H. The molecule has 0 atom stereocenters. The molecule has 0 aliphatic carbocycles. The lowest BCUT2D eigenvalue weighted by Crippen LogP contribution is -2.77. The van der Waals surface area contributed by atoms with E-state index in [0.29, 0.717) is 0 Å². The monoisotopic (exact) mass is 873 g/mol. The summed E-state index contributed by atoms with van der Waals surface area (Å²) in [5.41, 5.74) is 9.28. The minimum atomic E-state index is -2.93. The number of fused-ring (bicyclic) bond motifs is 11. The molecule has 3 aromatic heterocycles. The van der Waals surface area contributed by atoms with Gasteiger partial charge in [0, 0.05) is 58.8 Å². The molecule has 0 bridgehead atoms. The number of hydrogen-bond donors (Lipinski definition) is 0. The van der Waals surface area contributed by atoms with Crippen LogP contribution in [0.2, 0.25) is 0 Å². The molecule has 14 rings (SSSR count). The molecule has 0 amide bonds. The van der Waals surface area contributed by atoms with Gasteiger partial charge in [-0.25, -0.2) is 4.98 Å². The van der Waals surface area contributed by atoms with E-state index in [9.17, 15) is 0 Å². The fourth-order valence-corrected chi connectivity index (χ4v) is 17.5. The third-order valence-corrected chi connectivity index (χ3v) is 20.1. The van der Waals surface area contributed by atoms with Crippen LogP contribution in [-0.2, 0) is 0 Å². The molecular formula is C61H39N3SSi. The smallest absolute Gasteiger partial charge is 0.184 e. The van der Waals surface area contributed by atoms with E-state index in [0.717, 1.165) is 16.7 Å². The summed E-state index contributed by atoms with van der Waals surface area (Å²) in [6.07, 6.45) is 0. The molecule has 308 valence electrons. The van der Waals surface area contributed by atoms with Gasteiger partial charge in [-0.15, -0.1) is 11.3 Å². The second-order valence-electron chi connectivity index (χ2n) is 17.5. The molecule has 0 unspecified atom stereocenters. The first kappa shape index (κ1) is 37.3. The van der Waals surface area contributed by atoms with Crippen LogP contribution in [-0.4, -0.2) is 17.6 Å². The van der Waals surface area contributed by atoms with Crippen molar-refractivity contribution in [3.63, 3.8) is 0 Å². The molecule has 66 heavy (non-hydrogen) atoms. The summed E-state index contributed by atoms with van der Waals surface area (Å²) in [4.78, 5) is 7.75. The molecule has 5 heteroatoms. The summed E-state index contributed by atoms with van der Waals surface area (Å²) in [5.74, 6) is 0.912. The minimum absolute atomic E-state index is 0.912. The van der Waals surface area contributed by atoms with E-state index in [-0.39, 0.29) is 0 Å². The lowest BCUT2D eigenvalue weighted by molar-refractivity contribution is 1.19. The molecule has 13 aromatic rings. The molecule has 0 spiro atoms. The summed E-state index contributed by atoms with van der Waals surface area (Å²) in [5, 5.41) is 14.2. The average molecular weight is 874 g/mol. The number of benzene rings is 10. The lowest BCUT2D eigenvalue weighted by atomic mass is 10.0. The van der Waals surface area contributed by atoms with Gasteiger partial charge >= 0.3 is 0 Å². The molecule has 0 saturated heterocycles. The molecule has 0 fully saturated rings. The Labute approximate surface area is 386 Å². The third kappa shape index (κ3) is 5.39. The summed E-state index contributed by atoms with van der Waals surface area (Å²) in [6, 6.07) is 87.9. The normalized spacial score (nSPS) is 13.2. The van der Waals surface area contributed by atoms with E-state index in [1.54, 1.807) is 0 Å². The number of anilines is 3. The number of nitrogens with zero attached hydrogens (tertiary/aromatic N) is 3. The van der Waals surface area contributed by atoms with Gasteiger partial charge in [-0.1, -0.05) is 170 Å². The zero-order valence-electron chi connectivity index (χ0n) is 35.8. The van der Waals surface area contributed by atoms with Crippen LogP contribution in [0.15, 0.2) is 237 Å². The van der Waals surface area contributed by atoms with Gasteiger partial charge in [0.1, 0.15) is 5.82 Å². The molecule has 3 nitrogen and oxygen atoms in total. The predicted octanol–water partition coefficient (Wildman–Crippen LogP) is 13.7. The van der Waals surface area contributed by atoms with Gasteiger partial charge in [0.05, 0.1) is 16.6 Å². The summed E-state index contributed by atoms with van der Waals surface area (Å²) in [6.45, 7) is 0. The van der Waals surface area contributed by atoms with Gasteiger partial charge in [-0.3, -0.25) is 4.90 Å². The van der Waals surface area contributed by atoms with Crippen molar-refractivity contribution in [3.05, 3.63) is 237 Å². The lowest BCUT2D eigenvalue weighted by Gasteiger charge is -2.44. The predicted molar refractivity (Wildman–Crippen MR) is 284 cm³/mol. The van der Waals surface area contributed by atoms with E-state index >= 15 is 0 Å². The van der Waals surface area contributed by atoms with E-state index in [4.69, 9.17) is 4.98 Å². The van der Waals surface area contributed by atoms with Crippen LogP contribution in [0.3, 0.4) is 0 Å². The Morgan fingerprint density at radius 2 is 1.05 bits per heavy atom. The second-order valence-corrected chi connectivity index (χ2v) is 22.2. The number of rotatable bonds is 5. The first-order valence-corrected chi connectivity index (χ1v) is 25.4. The quantitative estimate of drug-likeness (QED) is 0.161. The van der Waals surface area contributed by atoms with E-state index < -0.39 is 8.07 Å². The van der Waals surface area contributed by atoms with Crippen molar-refractivity contribution in [1.29, 1.82) is 0 Å². The van der Waals surface area contributed by atoms with Crippen molar-refractivity contribution in [2.75, 3.05) is 4.90 Å². The maximum atomic E-state index is 5.34. The van der Waals surface area contributed by atoms with E-state index in [2.05, 4.69) is 246 Å². The summed E-state index contributed by atoms with van der Waals surface area (Å²) in [7, 11) is -2.93. The van der Waals surface area contributed by atoms with Gasteiger partial charge in [0.25, 0.3) is 0 Å². The van der Waals surface area contributed by atoms with Crippen LogP contribution >= 0.6 is 11.3 Å². The van der Waals surface area contributed by atoms with Crippen LogP contribution in [0.4, 0.5) is 17.2 Å². The van der Waals surface area contributed by atoms with Gasteiger partial charge in [-0.05, 0) is 104 Å². The van der Waals surface area contributed by atoms with Gasteiger partial charge in [0.2, 0.25) is 0 Å². The molecule has 0 radical (unpaired) electrons. The summed E-state index contributed by atoms with van der Waals surface area (Å²) >= 11 is 1.89. The highest BCUT2D eigenvalue weighted by atomic mass is 32.1. The molecule has 0 N–H and O–H groups in total. The van der Waals surface area contributed by atoms with Crippen molar-refractivity contribution in [2.24, 2.45) is 0 Å². The highest BCUT2D eigenvalue weighted by Crippen LogP contribution is 2.43. The maximum absolute atomic E-state index is 5.34. The topological polar surface area (TPSA) is 21.1 Å². The molecule has 10 aromatic carbocycles. The third-order valence-electron chi connectivity index (χ3n) is 14.0. The van der Waals surface area contributed by atoms with Crippen molar-refractivity contribution in [3.8, 4) is 16.8 Å². The fraction of sp³-hybridized carbons (Fsp3) is 0. The highest BCUT2D eigenvalue weighted by Gasteiger charge is 2.49. The van der Waals surface area contributed by atoms with E-state index in [1.165, 1.54) is 102 Å². The number of para-hydroxylation sites is 3. The van der Waals surface area contributed by atoms with Crippen molar-refractivity contribution < 1.29 is 0 Å². The average Bonchev–Trinajstić information content (AvgIpc) is 3.94. The summed E-state index contributed by atoms with van der Waals surface area (Å²) < 4.78 is 5.13. The largest absolute Gasteiger partial charge is 0.309 e. The Morgan fingerprint density at radius 3 is 1.91 bits per heavy atom. The zero-order chi connectivity index (χ0) is 43.3. The van der Waals surface area contributed by atoms with Crippen LogP contribution in [0.1, 0.15) is 0 Å². The van der Waals surface area contributed by atoms with Crippen molar-refractivity contribution in [2.45, 2.75) is 0 Å². The second kappa shape index (κ2) is 14.5. The van der Waals surface area contributed by atoms with Gasteiger partial charge in [0.15, 0.2) is 8.07 Å². The Balaban J connectivity index is 1.000. The minimum Gasteiger partial charge on any atom is -0.309 e. The van der Waals surface area contributed by atoms with Crippen LogP contribution < -0.4 is 25.6 Å². The van der Waals surface area contributed by atoms with E-state index in [1.807, 2.05) is 11.3 Å². The van der Waals surface area contributed by atoms with Crippen LogP contribution in [0, 0.1) is 0 Å².